The van der Waals surface area contributed by atoms with E-state index in [4.69, 9.17) is 5.73 Å². The molecule has 0 aliphatic heterocycles. The van der Waals surface area contributed by atoms with E-state index in [0.717, 1.165) is 5.39 Å². The summed E-state index contributed by atoms with van der Waals surface area (Å²) in [7, 11) is 3.47. The van der Waals surface area contributed by atoms with Crippen molar-refractivity contribution in [1.82, 2.24) is 25.4 Å². The van der Waals surface area contributed by atoms with E-state index in [-0.39, 0.29) is 17.0 Å². The lowest BCUT2D eigenvalue weighted by Crippen LogP contribution is -2.36. The van der Waals surface area contributed by atoms with Crippen molar-refractivity contribution in [3.8, 4) is 11.4 Å². The highest BCUT2D eigenvalue weighted by molar-refractivity contribution is 5.99. The summed E-state index contributed by atoms with van der Waals surface area (Å²) in [4.78, 5) is 35.1. The number of H-pyrrole nitrogens is 2. The Morgan fingerprint density at radius 2 is 1.89 bits per heavy atom. The quantitative estimate of drug-likeness (QED) is 0.415. The fraction of sp³-hybridized carbons (Fsp3) is 0.105. The Hall–Kier alpha value is -3.65. The first-order valence-electron chi connectivity index (χ1n) is 8.33. The van der Waals surface area contributed by atoms with Gasteiger partial charge in [0.05, 0.1) is 22.2 Å². The number of hydrogen-bond donors (Lipinski definition) is 4. The number of hydrogen-bond acceptors (Lipinski definition) is 5. The predicted molar refractivity (Wildman–Crippen MR) is 105 cm³/mol. The highest BCUT2D eigenvalue weighted by atomic mass is 16.2. The van der Waals surface area contributed by atoms with Crippen molar-refractivity contribution in [3.63, 3.8) is 0 Å². The second-order valence-electron chi connectivity index (χ2n) is 6.44. The first-order valence-corrected chi connectivity index (χ1v) is 8.33. The van der Waals surface area contributed by atoms with Gasteiger partial charge in [0.2, 0.25) is 0 Å². The van der Waals surface area contributed by atoms with E-state index in [1.165, 1.54) is 0 Å². The number of amides is 1. The molecule has 0 bridgehead atoms. The Balaban J connectivity index is 1.84. The molecule has 0 atom stereocenters. The van der Waals surface area contributed by atoms with Crippen LogP contribution in [0.5, 0.6) is 0 Å². The number of hydrazine groups is 1. The minimum absolute atomic E-state index is 0.235. The van der Waals surface area contributed by atoms with Crippen molar-refractivity contribution >= 4 is 33.5 Å². The van der Waals surface area contributed by atoms with Gasteiger partial charge < -0.3 is 15.7 Å². The van der Waals surface area contributed by atoms with Crippen LogP contribution in [0, 0.1) is 0 Å². The number of benzene rings is 2. The fourth-order valence-corrected chi connectivity index (χ4v) is 3.04. The summed E-state index contributed by atoms with van der Waals surface area (Å²) in [6.45, 7) is 0. The van der Waals surface area contributed by atoms with Crippen molar-refractivity contribution in [1.29, 1.82) is 0 Å². The summed E-state index contributed by atoms with van der Waals surface area (Å²) in [6, 6.07) is 12.4. The number of anilines is 1. The molecule has 0 aliphatic rings. The Labute approximate surface area is 154 Å². The molecule has 2 heterocycles. The van der Waals surface area contributed by atoms with Crippen LogP contribution in [0.15, 0.2) is 47.3 Å². The molecule has 4 rings (SSSR count). The molecule has 8 nitrogen and oxygen atoms in total. The van der Waals surface area contributed by atoms with Gasteiger partial charge in [-0.05, 0) is 24.3 Å². The highest BCUT2D eigenvalue weighted by Crippen LogP contribution is 2.28. The molecule has 4 aromatic rings. The Kier molecular flexibility index (Phi) is 3.89. The van der Waals surface area contributed by atoms with E-state index < -0.39 is 0 Å². The van der Waals surface area contributed by atoms with Crippen molar-refractivity contribution in [2.45, 2.75) is 0 Å². The van der Waals surface area contributed by atoms with Gasteiger partial charge in [0, 0.05) is 25.0 Å². The van der Waals surface area contributed by atoms with E-state index in [0.29, 0.717) is 33.6 Å². The third kappa shape index (κ3) is 2.91. The van der Waals surface area contributed by atoms with E-state index in [1.54, 1.807) is 43.4 Å². The van der Waals surface area contributed by atoms with Crippen molar-refractivity contribution < 1.29 is 4.79 Å². The molecular weight excluding hydrogens is 344 g/mol. The topological polar surface area (TPSA) is 120 Å². The van der Waals surface area contributed by atoms with Gasteiger partial charge in [0.15, 0.2) is 0 Å². The Bertz CT molecular complexity index is 1240. The lowest BCUT2D eigenvalue weighted by Gasteiger charge is -2.11. The maximum Gasteiger partial charge on any atom is 0.265 e. The number of nitrogen functional groups attached to an aromatic ring is 1. The van der Waals surface area contributed by atoms with Gasteiger partial charge in [-0.15, -0.1) is 0 Å². The number of nitrogens with two attached hydrogens (primary N) is 1. The molecule has 2 aromatic heterocycles. The lowest BCUT2D eigenvalue weighted by molar-refractivity contribution is 0.0857. The molecule has 0 fully saturated rings. The van der Waals surface area contributed by atoms with Crippen LogP contribution in [-0.4, -0.2) is 40.0 Å². The number of carbonyl (C=O) groups excluding carboxylic acids is 1. The Morgan fingerprint density at radius 3 is 2.67 bits per heavy atom. The molecule has 0 aliphatic carbocycles. The monoisotopic (exact) mass is 362 g/mol. The smallest absolute Gasteiger partial charge is 0.265 e. The third-order valence-corrected chi connectivity index (χ3v) is 4.27. The number of aromatic nitrogens is 3. The molecule has 136 valence electrons. The number of nitrogens with zero attached hydrogens (tertiary/aromatic N) is 2. The number of para-hydroxylation sites is 1. The van der Waals surface area contributed by atoms with Crippen LogP contribution in [0.3, 0.4) is 0 Å². The third-order valence-electron chi connectivity index (χ3n) is 4.27. The minimum atomic E-state index is -0.323. The van der Waals surface area contributed by atoms with Gasteiger partial charge in [0.25, 0.3) is 11.5 Å². The summed E-state index contributed by atoms with van der Waals surface area (Å²) in [5.41, 5.74) is 11.7. The molecule has 0 unspecified atom stereocenters. The normalized spacial score (nSPS) is 11.4. The van der Waals surface area contributed by atoms with Crippen LogP contribution in [0.4, 0.5) is 5.69 Å². The number of imidazole rings is 1. The zero-order valence-corrected chi connectivity index (χ0v) is 14.8. The van der Waals surface area contributed by atoms with Crippen LogP contribution >= 0.6 is 0 Å². The Morgan fingerprint density at radius 1 is 1.11 bits per heavy atom. The SMILES string of the molecule is CN(C)NC(=O)c1ccc2nc(-c3c(N)c4ccccc4[nH]c3=O)[nH]c2c1. The van der Waals surface area contributed by atoms with Crippen LogP contribution in [-0.2, 0) is 0 Å². The van der Waals surface area contributed by atoms with Crippen LogP contribution in [0.25, 0.3) is 33.3 Å². The maximum absolute atomic E-state index is 12.6. The average Bonchev–Trinajstić information content (AvgIpc) is 3.03. The largest absolute Gasteiger partial charge is 0.397 e. The van der Waals surface area contributed by atoms with E-state index >= 15 is 0 Å². The molecule has 0 saturated carbocycles. The number of carbonyl (C=O) groups is 1. The molecule has 8 heteroatoms. The van der Waals surface area contributed by atoms with Crippen LogP contribution < -0.4 is 16.7 Å². The van der Waals surface area contributed by atoms with E-state index in [1.807, 2.05) is 18.2 Å². The summed E-state index contributed by atoms with van der Waals surface area (Å²) in [6.07, 6.45) is 0. The van der Waals surface area contributed by atoms with Gasteiger partial charge >= 0.3 is 0 Å². The number of pyridine rings is 1. The molecule has 1 amide bonds. The second kappa shape index (κ2) is 6.26. The van der Waals surface area contributed by atoms with E-state index in [2.05, 4.69) is 20.4 Å². The van der Waals surface area contributed by atoms with Gasteiger partial charge in [-0.25, -0.2) is 9.99 Å². The summed E-state index contributed by atoms with van der Waals surface area (Å²) in [5, 5.41) is 2.32. The standard InChI is InChI=1S/C19H18N6O2/c1-25(2)24-18(26)10-7-8-13-14(9-10)22-17(21-13)15-16(20)11-5-3-4-6-12(11)23-19(15)27/h3-9H,1-2H3,(H,21,22)(H,24,26)(H3,20,23,27). The van der Waals surface area contributed by atoms with Crippen LogP contribution in [0.2, 0.25) is 0 Å². The number of aromatic amines is 2. The van der Waals surface area contributed by atoms with Crippen molar-refractivity contribution in [2.75, 3.05) is 19.8 Å². The molecule has 2 aromatic carbocycles. The molecule has 0 radical (unpaired) electrons. The van der Waals surface area contributed by atoms with Gasteiger partial charge in [-0.3, -0.25) is 15.0 Å². The number of rotatable bonds is 3. The van der Waals surface area contributed by atoms with E-state index in [9.17, 15) is 9.59 Å². The summed E-state index contributed by atoms with van der Waals surface area (Å²) < 4.78 is 0. The van der Waals surface area contributed by atoms with Crippen molar-refractivity contribution in [3.05, 3.63) is 58.4 Å². The fourth-order valence-electron chi connectivity index (χ4n) is 3.04. The molecule has 27 heavy (non-hydrogen) atoms. The maximum atomic E-state index is 12.6. The highest BCUT2D eigenvalue weighted by Gasteiger charge is 2.16. The number of fused-ring (bicyclic) bond motifs is 2. The van der Waals surface area contributed by atoms with Crippen molar-refractivity contribution in [2.24, 2.45) is 0 Å². The zero-order chi connectivity index (χ0) is 19.1. The number of nitrogens with one attached hydrogen (secondary N) is 3. The molecule has 0 spiro atoms. The molecule has 5 N–H and O–H groups in total. The minimum Gasteiger partial charge on any atom is -0.397 e. The average molecular weight is 362 g/mol. The summed E-state index contributed by atoms with van der Waals surface area (Å²) in [5.74, 6) is 0.126. The first-order chi connectivity index (χ1) is 12.9. The lowest BCUT2D eigenvalue weighted by atomic mass is 10.1. The zero-order valence-electron chi connectivity index (χ0n) is 14.8. The second-order valence-corrected chi connectivity index (χ2v) is 6.44. The summed E-state index contributed by atoms with van der Waals surface area (Å²) >= 11 is 0. The molecule has 0 saturated heterocycles. The van der Waals surface area contributed by atoms with Gasteiger partial charge in [-0.1, -0.05) is 18.2 Å². The predicted octanol–water partition coefficient (Wildman–Crippen LogP) is 1.86. The van der Waals surface area contributed by atoms with Gasteiger partial charge in [-0.2, -0.15) is 0 Å². The first kappa shape index (κ1) is 16.8. The molecular formula is C19H18N6O2. The van der Waals surface area contributed by atoms with Gasteiger partial charge in [0.1, 0.15) is 11.4 Å². The van der Waals surface area contributed by atoms with Crippen LogP contribution in [0.1, 0.15) is 10.4 Å².